The molecule has 7 heteroatoms. The zero-order valence-corrected chi connectivity index (χ0v) is 9.17. The van der Waals surface area contributed by atoms with Gasteiger partial charge in [0.2, 0.25) is 0 Å². The van der Waals surface area contributed by atoms with Crippen molar-refractivity contribution in [2.75, 3.05) is 6.54 Å². The molecule has 0 aliphatic carbocycles. The molecule has 0 aromatic carbocycles. The first-order valence-corrected chi connectivity index (χ1v) is 4.92. The van der Waals surface area contributed by atoms with Crippen molar-refractivity contribution < 1.29 is 28.8 Å². The molecular formula is C10H11NO6. The van der Waals surface area contributed by atoms with Crippen LogP contribution in [0.25, 0.3) is 0 Å². The lowest BCUT2D eigenvalue weighted by Gasteiger charge is -2.12. The van der Waals surface area contributed by atoms with Gasteiger partial charge in [-0.05, 0) is 6.42 Å². The van der Waals surface area contributed by atoms with Crippen LogP contribution in [0.15, 0.2) is 12.2 Å². The predicted octanol–water partition coefficient (Wildman–Crippen LogP) is -0.287. The highest BCUT2D eigenvalue weighted by Crippen LogP contribution is 2.09. The molecule has 1 saturated heterocycles. The van der Waals surface area contributed by atoms with Crippen LogP contribution in [0.2, 0.25) is 0 Å². The molecule has 0 unspecified atom stereocenters. The molecule has 7 nitrogen and oxygen atoms in total. The van der Waals surface area contributed by atoms with Gasteiger partial charge in [0.15, 0.2) is 0 Å². The van der Waals surface area contributed by atoms with E-state index in [1.54, 1.807) is 0 Å². The SMILES string of the molecule is CC(=O)OC(=O)/C=C\C(=O)ON1CCCC1=O. The van der Waals surface area contributed by atoms with Crippen molar-refractivity contribution in [2.24, 2.45) is 0 Å². The molecule has 17 heavy (non-hydrogen) atoms. The molecule has 0 spiro atoms. The second-order valence-corrected chi connectivity index (χ2v) is 3.26. The largest absolute Gasteiger partial charge is 0.390 e. The van der Waals surface area contributed by atoms with E-state index in [1.807, 2.05) is 0 Å². The van der Waals surface area contributed by atoms with Crippen LogP contribution < -0.4 is 0 Å². The van der Waals surface area contributed by atoms with E-state index in [4.69, 9.17) is 0 Å². The zero-order chi connectivity index (χ0) is 12.8. The monoisotopic (exact) mass is 241 g/mol. The Labute approximate surface area is 96.9 Å². The minimum absolute atomic E-state index is 0.280. The Morgan fingerprint density at radius 1 is 1.24 bits per heavy atom. The standard InChI is InChI=1S/C10H11NO6/c1-7(12)16-9(14)4-5-10(15)17-11-6-2-3-8(11)13/h4-5H,2-3,6H2,1H3/b5-4-. The summed E-state index contributed by atoms with van der Waals surface area (Å²) in [7, 11) is 0. The topological polar surface area (TPSA) is 90.0 Å². The van der Waals surface area contributed by atoms with Crippen molar-refractivity contribution in [3.8, 4) is 0 Å². The number of hydroxylamine groups is 2. The summed E-state index contributed by atoms with van der Waals surface area (Å²) in [5, 5.41) is 0.934. The summed E-state index contributed by atoms with van der Waals surface area (Å²) >= 11 is 0. The minimum atomic E-state index is -0.970. The summed E-state index contributed by atoms with van der Waals surface area (Å²) in [4.78, 5) is 48.1. The van der Waals surface area contributed by atoms with Gasteiger partial charge in [-0.1, -0.05) is 0 Å². The zero-order valence-electron chi connectivity index (χ0n) is 9.17. The smallest absolute Gasteiger partial charge is 0.356 e. The van der Waals surface area contributed by atoms with E-state index in [0.717, 1.165) is 24.1 Å². The Morgan fingerprint density at radius 3 is 2.41 bits per heavy atom. The van der Waals surface area contributed by atoms with Crippen LogP contribution in [0.5, 0.6) is 0 Å². The van der Waals surface area contributed by atoms with Crippen LogP contribution in [0, 0.1) is 0 Å². The summed E-state index contributed by atoms with van der Waals surface area (Å²) in [6, 6.07) is 0. The van der Waals surface area contributed by atoms with Crippen LogP contribution in [-0.4, -0.2) is 35.4 Å². The molecule has 1 amide bonds. The normalized spacial score (nSPS) is 15.1. The van der Waals surface area contributed by atoms with Crippen LogP contribution >= 0.6 is 0 Å². The lowest BCUT2D eigenvalue weighted by molar-refractivity contribution is -0.188. The molecule has 1 fully saturated rings. The Kier molecular flexibility index (Phi) is 4.38. The second-order valence-electron chi connectivity index (χ2n) is 3.26. The van der Waals surface area contributed by atoms with Crippen molar-refractivity contribution in [2.45, 2.75) is 19.8 Å². The van der Waals surface area contributed by atoms with Crippen LogP contribution in [0.3, 0.4) is 0 Å². The minimum Gasteiger partial charge on any atom is -0.390 e. The fourth-order valence-electron chi connectivity index (χ4n) is 1.17. The number of ether oxygens (including phenoxy) is 1. The molecule has 1 aliphatic rings. The maximum absolute atomic E-state index is 11.1. The Bertz CT molecular complexity index is 386. The van der Waals surface area contributed by atoms with Gasteiger partial charge in [-0.3, -0.25) is 9.59 Å². The summed E-state index contributed by atoms with van der Waals surface area (Å²) < 4.78 is 4.14. The number of esters is 2. The number of carbonyl (C=O) groups excluding carboxylic acids is 4. The molecule has 0 aromatic rings. The van der Waals surface area contributed by atoms with Crippen LogP contribution in [0.4, 0.5) is 0 Å². The number of carbonyl (C=O) groups is 4. The first-order valence-electron chi connectivity index (χ1n) is 4.92. The molecule has 0 radical (unpaired) electrons. The average Bonchev–Trinajstić information content (AvgIpc) is 2.61. The fourth-order valence-corrected chi connectivity index (χ4v) is 1.17. The molecule has 0 N–H and O–H groups in total. The predicted molar refractivity (Wildman–Crippen MR) is 53.0 cm³/mol. The van der Waals surface area contributed by atoms with E-state index in [9.17, 15) is 19.2 Å². The number of rotatable bonds is 3. The lowest BCUT2D eigenvalue weighted by atomic mass is 10.4. The van der Waals surface area contributed by atoms with Crippen molar-refractivity contribution >= 4 is 23.8 Å². The molecular weight excluding hydrogens is 230 g/mol. The van der Waals surface area contributed by atoms with Crippen LogP contribution in [0.1, 0.15) is 19.8 Å². The third kappa shape index (κ3) is 4.45. The summed E-state index contributed by atoms with van der Waals surface area (Å²) in [6.45, 7) is 1.41. The summed E-state index contributed by atoms with van der Waals surface area (Å²) in [5.74, 6) is -2.90. The average molecular weight is 241 g/mol. The van der Waals surface area contributed by atoms with Crippen molar-refractivity contribution in [1.82, 2.24) is 5.06 Å². The fraction of sp³-hybridized carbons (Fsp3) is 0.400. The molecule has 0 aromatic heterocycles. The van der Waals surface area contributed by atoms with Gasteiger partial charge in [0.05, 0.1) is 6.54 Å². The summed E-state index contributed by atoms with van der Waals surface area (Å²) in [5.41, 5.74) is 0. The second kappa shape index (κ2) is 5.78. The first-order chi connectivity index (χ1) is 7.99. The molecule has 0 bridgehead atoms. The van der Waals surface area contributed by atoms with Gasteiger partial charge < -0.3 is 9.57 Å². The van der Waals surface area contributed by atoms with Gasteiger partial charge in [0.25, 0.3) is 5.91 Å². The van der Waals surface area contributed by atoms with E-state index < -0.39 is 17.9 Å². The van der Waals surface area contributed by atoms with E-state index >= 15 is 0 Å². The molecule has 1 aliphatic heterocycles. The molecule has 0 saturated carbocycles. The van der Waals surface area contributed by atoms with Gasteiger partial charge in [-0.25, -0.2) is 9.59 Å². The third-order valence-corrected chi connectivity index (χ3v) is 1.83. The quantitative estimate of drug-likeness (QED) is 0.383. The van der Waals surface area contributed by atoms with Crippen molar-refractivity contribution in [1.29, 1.82) is 0 Å². The number of hydrogen-bond donors (Lipinski definition) is 0. The summed E-state index contributed by atoms with van der Waals surface area (Å²) in [6.07, 6.45) is 2.51. The molecule has 92 valence electrons. The maximum Gasteiger partial charge on any atom is 0.356 e. The van der Waals surface area contributed by atoms with Crippen molar-refractivity contribution in [3.05, 3.63) is 12.2 Å². The molecule has 1 rings (SSSR count). The third-order valence-electron chi connectivity index (χ3n) is 1.83. The Balaban J connectivity index is 2.38. The van der Waals surface area contributed by atoms with E-state index in [-0.39, 0.29) is 5.91 Å². The van der Waals surface area contributed by atoms with Gasteiger partial charge >= 0.3 is 17.9 Å². The highest BCUT2D eigenvalue weighted by molar-refractivity contribution is 5.96. The lowest BCUT2D eigenvalue weighted by Crippen LogP contribution is -2.27. The Hall–Kier alpha value is -2.18. The maximum atomic E-state index is 11.1. The van der Waals surface area contributed by atoms with E-state index in [2.05, 4.69) is 9.57 Å². The highest BCUT2D eigenvalue weighted by atomic mass is 16.7. The van der Waals surface area contributed by atoms with E-state index in [0.29, 0.717) is 19.4 Å². The molecule has 1 heterocycles. The van der Waals surface area contributed by atoms with Crippen LogP contribution in [-0.2, 0) is 28.8 Å². The molecule has 0 atom stereocenters. The van der Waals surface area contributed by atoms with Gasteiger partial charge in [0.1, 0.15) is 0 Å². The van der Waals surface area contributed by atoms with Gasteiger partial charge in [-0.2, -0.15) is 5.06 Å². The van der Waals surface area contributed by atoms with Crippen molar-refractivity contribution in [3.63, 3.8) is 0 Å². The number of nitrogens with zero attached hydrogens (tertiary/aromatic N) is 1. The number of hydrogen-bond acceptors (Lipinski definition) is 6. The van der Waals surface area contributed by atoms with E-state index in [1.165, 1.54) is 0 Å². The van der Waals surface area contributed by atoms with Gasteiger partial charge in [-0.15, -0.1) is 0 Å². The Morgan fingerprint density at radius 2 is 1.88 bits per heavy atom. The first kappa shape index (κ1) is 12.9. The number of amides is 1. The van der Waals surface area contributed by atoms with Gasteiger partial charge in [0, 0.05) is 25.5 Å². The highest BCUT2D eigenvalue weighted by Gasteiger charge is 2.23.